The number of rotatable bonds is 6. The lowest BCUT2D eigenvalue weighted by atomic mass is 10.0. The zero-order chi connectivity index (χ0) is 17.1. The number of carboxylic acids is 2. The van der Waals surface area contributed by atoms with Crippen LogP contribution < -0.4 is 5.32 Å². The van der Waals surface area contributed by atoms with Crippen LogP contribution in [0.4, 0.5) is 0 Å². The fourth-order valence-corrected chi connectivity index (χ4v) is 1.83. The second kappa shape index (κ2) is 9.97. The summed E-state index contributed by atoms with van der Waals surface area (Å²) >= 11 is 0. The molecule has 1 aromatic heterocycles. The number of aliphatic carboxylic acids is 2. The van der Waals surface area contributed by atoms with Gasteiger partial charge in [0.05, 0.1) is 12.8 Å². The number of hydrogen-bond donors (Lipinski definition) is 3. The van der Waals surface area contributed by atoms with Gasteiger partial charge in [-0.25, -0.2) is 9.59 Å². The van der Waals surface area contributed by atoms with E-state index in [4.69, 9.17) is 24.2 Å². The highest BCUT2D eigenvalue weighted by Gasteiger charge is 2.09. The Bertz CT molecular complexity index is 595. The highest BCUT2D eigenvalue weighted by Crippen LogP contribution is 2.17. The molecule has 0 aliphatic carbocycles. The zero-order valence-corrected chi connectivity index (χ0v) is 12.5. The van der Waals surface area contributed by atoms with Crippen molar-refractivity contribution >= 4 is 11.9 Å². The van der Waals surface area contributed by atoms with Crippen LogP contribution in [-0.4, -0.2) is 22.2 Å². The van der Waals surface area contributed by atoms with E-state index in [1.165, 1.54) is 5.56 Å². The average Bonchev–Trinajstić information content (AvgIpc) is 3.06. The van der Waals surface area contributed by atoms with Crippen LogP contribution in [0.5, 0.6) is 0 Å². The first kappa shape index (κ1) is 18.2. The maximum absolute atomic E-state index is 9.10. The van der Waals surface area contributed by atoms with E-state index in [0.717, 1.165) is 18.7 Å². The predicted molar refractivity (Wildman–Crippen MR) is 84.8 cm³/mol. The average molecular weight is 317 g/mol. The maximum Gasteiger partial charge on any atom is 0.414 e. The van der Waals surface area contributed by atoms with E-state index in [2.05, 4.69) is 36.2 Å². The summed E-state index contributed by atoms with van der Waals surface area (Å²) < 4.78 is 5.31. The molecule has 0 spiro atoms. The number of carboxylic acid groups (broad SMARTS) is 2. The van der Waals surface area contributed by atoms with Crippen LogP contribution >= 0.6 is 0 Å². The molecule has 23 heavy (non-hydrogen) atoms. The van der Waals surface area contributed by atoms with E-state index in [1.807, 2.05) is 24.3 Å². The fraction of sp³-hybridized carbons (Fsp3) is 0.176. The molecule has 6 heteroatoms. The smallest absolute Gasteiger partial charge is 0.414 e. The van der Waals surface area contributed by atoms with Crippen molar-refractivity contribution in [3.8, 4) is 0 Å². The number of nitrogens with one attached hydrogen (secondary N) is 1. The largest absolute Gasteiger partial charge is 0.473 e. The minimum atomic E-state index is -1.82. The summed E-state index contributed by atoms with van der Waals surface area (Å²) in [5.41, 5.74) is 1.28. The molecule has 2 rings (SSSR count). The Labute approximate surface area is 134 Å². The third kappa shape index (κ3) is 7.10. The van der Waals surface area contributed by atoms with Crippen molar-refractivity contribution in [1.29, 1.82) is 0 Å². The van der Waals surface area contributed by atoms with E-state index in [9.17, 15) is 0 Å². The molecule has 0 saturated heterocycles. The molecule has 2 aromatic rings. The Morgan fingerprint density at radius 2 is 1.78 bits per heavy atom. The molecule has 6 nitrogen and oxygen atoms in total. The summed E-state index contributed by atoms with van der Waals surface area (Å²) in [7, 11) is 0. The van der Waals surface area contributed by atoms with Crippen LogP contribution in [0.2, 0.25) is 0 Å². The van der Waals surface area contributed by atoms with Gasteiger partial charge in [-0.2, -0.15) is 0 Å². The molecule has 3 N–H and O–H groups in total. The number of carbonyl (C=O) groups is 2. The SMILES string of the molecule is C=CCC(NCc1ccco1)c1ccccc1.O=C(O)C(=O)O. The summed E-state index contributed by atoms with van der Waals surface area (Å²) in [6, 6.07) is 14.6. The van der Waals surface area contributed by atoms with Crippen molar-refractivity contribution in [3.63, 3.8) is 0 Å². The number of benzene rings is 1. The van der Waals surface area contributed by atoms with Crippen molar-refractivity contribution < 1.29 is 24.2 Å². The summed E-state index contributed by atoms with van der Waals surface area (Å²) in [6.45, 7) is 4.54. The summed E-state index contributed by atoms with van der Waals surface area (Å²) in [5.74, 6) is -2.69. The van der Waals surface area contributed by atoms with Gasteiger partial charge in [-0.1, -0.05) is 36.4 Å². The van der Waals surface area contributed by atoms with Gasteiger partial charge in [0.15, 0.2) is 0 Å². The second-order valence-electron chi connectivity index (χ2n) is 4.56. The van der Waals surface area contributed by atoms with E-state index in [-0.39, 0.29) is 0 Å². The first-order valence-corrected chi connectivity index (χ1v) is 6.92. The van der Waals surface area contributed by atoms with Gasteiger partial charge in [-0.05, 0) is 24.1 Å². The Hall–Kier alpha value is -2.86. The quantitative estimate of drug-likeness (QED) is 0.559. The van der Waals surface area contributed by atoms with Gasteiger partial charge < -0.3 is 19.9 Å². The summed E-state index contributed by atoms with van der Waals surface area (Å²) in [5, 5.41) is 18.3. The van der Waals surface area contributed by atoms with E-state index < -0.39 is 11.9 Å². The topological polar surface area (TPSA) is 99.8 Å². The molecule has 1 atom stereocenters. The van der Waals surface area contributed by atoms with Gasteiger partial charge in [0.1, 0.15) is 5.76 Å². The van der Waals surface area contributed by atoms with Crippen molar-refractivity contribution in [2.75, 3.05) is 0 Å². The molecule has 0 amide bonds. The van der Waals surface area contributed by atoms with Crippen LogP contribution in [0.25, 0.3) is 0 Å². The Morgan fingerprint density at radius 1 is 1.13 bits per heavy atom. The standard InChI is InChI=1S/C15H17NO.C2H2O4/c1-2-7-15(13-8-4-3-5-9-13)16-12-14-10-6-11-17-14;3-1(4)2(5)6/h2-6,8-11,15-16H,1,7,12H2;(H,3,4)(H,5,6). The minimum absolute atomic E-state index is 0.291. The lowest BCUT2D eigenvalue weighted by Crippen LogP contribution is -2.20. The van der Waals surface area contributed by atoms with Crippen molar-refractivity contribution in [2.24, 2.45) is 0 Å². The van der Waals surface area contributed by atoms with E-state index in [1.54, 1.807) is 6.26 Å². The van der Waals surface area contributed by atoms with Gasteiger partial charge in [0.25, 0.3) is 0 Å². The Balaban J connectivity index is 0.000000379. The van der Waals surface area contributed by atoms with Gasteiger partial charge in [-0.3, -0.25) is 0 Å². The molecular formula is C17H19NO5. The summed E-state index contributed by atoms with van der Waals surface area (Å²) in [6.07, 6.45) is 4.54. The zero-order valence-electron chi connectivity index (χ0n) is 12.5. The first-order valence-electron chi connectivity index (χ1n) is 6.92. The number of furan rings is 1. The molecular weight excluding hydrogens is 298 g/mol. The van der Waals surface area contributed by atoms with Crippen LogP contribution in [0, 0.1) is 0 Å². The number of hydrogen-bond acceptors (Lipinski definition) is 4. The fourth-order valence-electron chi connectivity index (χ4n) is 1.83. The molecule has 1 heterocycles. The molecule has 0 fully saturated rings. The molecule has 0 radical (unpaired) electrons. The monoisotopic (exact) mass is 317 g/mol. The van der Waals surface area contributed by atoms with Crippen LogP contribution in [0.3, 0.4) is 0 Å². The van der Waals surface area contributed by atoms with Crippen molar-refractivity contribution in [1.82, 2.24) is 5.32 Å². The van der Waals surface area contributed by atoms with Crippen LogP contribution in [0.15, 0.2) is 65.8 Å². The normalized spacial score (nSPS) is 11.0. The Kier molecular flexibility index (Phi) is 7.88. The predicted octanol–water partition coefficient (Wildman–Crippen LogP) is 2.84. The van der Waals surface area contributed by atoms with Gasteiger partial charge in [0.2, 0.25) is 0 Å². The molecule has 0 saturated carbocycles. The van der Waals surface area contributed by atoms with Crippen LogP contribution in [-0.2, 0) is 16.1 Å². The minimum Gasteiger partial charge on any atom is -0.473 e. The molecule has 1 aromatic carbocycles. The second-order valence-corrected chi connectivity index (χ2v) is 4.56. The molecule has 1 unspecified atom stereocenters. The Morgan fingerprint density at radius 3 is 2.26 bits per heavy atom. The van der Waals surface area contributed by atoms with Crippen LogP contribution in [0.1, 0.15) is 23.8 Å². The summed E-state index contributed by atoms with van der Waals surface area (Å²) in [4.78, 5) is 18.2. The molecule has 0 aliphatic rings. The lowest BCUT2D eigenvalue weighted by molar-refractivity contribution is -0.159. The first-order chi connectivity index (χ1) is 11.0. The van der Waals surface area contributed by atoms with Gasteiger partial charge >= 0.3 is 11.9 Å². The third-order valence-corrected chi connectivity index (χ3v) is 2.89. The van der Waals surface area contributed by atoms with Crippen molar-refractivity contribution in [3.05, 3.63) is 72.7 Å². The van der Waals surface area contributed by atoms with Gasteiger partial charge in [-0.15, -0.1) is 6.58 Å². The highest BCUT2D eigenvalue weighted by molar-refractivity contribution is 6.27. The third-order valence-electron chi connectivity index (χ3n) is 2.89. The lowest BCUT2D eigenvalue weighted by Gasteiger charge is -2.16. The van der Waals surface area contributed by atoms with E-state index >= 15 is 0 Å². The van der Waals surface area contributed by atoms with Crippen molar-refractivity contribution in [2.45, 2.75) is 19.0 Å². The van der Waals surface area contributed by atoms with Gasteiger partial charge in [0, 0.05) is 6.04 Å². The molecule has 122 valence electrons. The maximum atomic E-state index is 9.10. The van der Waals surface area contributed by atoms with E-state index in [0.29, 0.717) is 6.04 Å². The highest BCUT2D eigenvalue weighted by atomic mass is 16.4. The molecule has 0 bridgehead atoms. The molecule has 0 aliphatic heterocycles.